The van der Waals surface area contributed by atoms with Gasteiger partial charge in [0.2, 0.25) is 0 Å². The van der Waals surface area contributed by atoms with Gasteiger partial charge in [0.15, 0.2) is 24.6 Å². The number of rotatable bonds is 8. The van der Waals surface area contributed by atoms with Crippen LogP contribution in [-0.4, -0.2) is 65.4 Å². The van der Waals surface area contributed by atoms with Gasteiger partial charge in [-0.25, -0.2) is 0 Å². The van der Waals surface area contributed by atoms with Crippen molar-refractivity contribution in [3.8, 4) is 0 Å². The van der Waals surface area contributed by atoms with Crippen molar-refractivity contribution in [1.29, 1.82) is 0 Å². The van der Waals surface area contributed by atoms with Crippen molar-refractivity contribution in [2.45, 2.75) is 45.2 Å². The number of aliphatic hydroxyl groups excluding tert-OH is 2. The van der Waals surface area contributed by atoms with E-state index in [0.29, 0.717) is 0 Å². The van der Waals surface area contributed by atoms with E-state index >= 15 is 0 Å². The van der Waals surface area contributed by atoms with Crippen LogP contribution >= 0.6 is 0 Å². The molecule has 0 heterocycles. The maximum Gasteiger partial charge on any atom is 0.303 e. The van der Waals surface area contributed by atoms with Crippen molar-refractivity contribution in [2.75, 3.05) is 6.61 Å². The highest BCUT2D eigenvalue weighted by Crippen LogP contribution is 2.16. The number of aliphatic hydroxyl groups is 2. The molecule has 0 aromatic heterocycles. The minimum absolute atomic E-state index is 0.162. The molecule has 4 atom stereocenters. The van der Waals surface area contributed by atoms with Crippen LogP contribution in [0.15, 0.2) is 0 Å². The van der Waals surface area contributed by atoms with Crippen molar-refractivity contribution in [3.63, 3.8) is 0 Å². The SMILES string of the molecule is CC(=O)O[C@H]([C@H](OC(C)=O)[C@H](C=O)OC(C)=O)[C@H](O)CO. The predicted molar refractivity (Wildman–Crippen MR) is 65.8 cm³/mol. The van der Waals surface area contributed by atoms with Crippen LogP contribution in [0.3, 0.4) is 0 Å². The molecule has 0 aliphatic carbocycles. The molecular weight excluding hydrogens is 288 g/mol. The molecule has 0 fully saturated rings. The van der Waals surface area contributed by atoms with E-state index in [1.165, 1.54) is 0 Å². The second-order valence-electron chi connectivity index (χ2n) is 4.11. The molecule has 0 aromatic rings. The molecule has 21 heavy (non-hydrogen) atoms. The van der Waals surface area contributed by atoms with Crippen LogP contribution in [0.5, 0.6) is 0 Å². The number of ether oxygens (including phenoxy) is 3. The summed E-state index contributed by atoms with van der Waals surface area (Å²) >= 11 is 0. The normalized spacial score (nSPS) is 16.0. The lowest BCUT2D eigenvalue weighted by Crippen LogP contribution is -2.52. The quantitative estimate of drug-likeness (QED) is 0.306. The highest BCUT2D eigenvalue weighted by atomic mass is 16.6. The lowest BCUT2D eigenvalue weighted by atomic mass is 10.0. The van der Waals surface area contributed by atoms with E-state index in [4.69, 9.17) is 14.6 Å². The monoisotopic (exact) mass is 306 g/mol. The van der Waals surface area contributed by atoms with Crippen molar-refractivity contribution in [3.05, 3.63) is 0 Å². The van der Waals surface area contributed by atoms with E-state index in [2.05, 4.69) is 4.74 Å². The summed E-state index contributed by atoms with van der Waals surface area (Å²) in [5, 5.41) is 18.6. The molecule has 120 valence electrons. The van der Waals surface area contributed by atoms with E-state index in [-0.39, 0.29) is 6.29 Å². The van der Waals surface area contributed by atoms with Crippen LogP contribution in [0.25, 0.3) is 0 Å². The first kappa shape index (κ1) is 19.0. The summed E-state index contributed by atoms with van der Waals surface area (Å²) in [4.78, 5) is 44.1. The second kappa shape index (κ2) is 9.03. The second-order valence-corrected chi connectivity index (χ2v) is 4.11. The number of carbonyl (C=O) groups excluding carboxylic acids is 4. The maximum absolute atomic E-state index is 11.1. The van der Waals surface area contributed by atoms with Gasteiger partial charge in [-0.05, 0) is 0 Å². The topological polar surface area (TPSA) is 136 Å². The van der Waals surface area contributed by atoms with Crippen LogP contribution in [-0.2, 0) is 33.4 Å². The lowest BCUT2D eigenvalue weighted by molar-refractivity contribution is -0.193. The van der Waals surface area contributed by atoms with E-state index in [1.807, 2.05) is 0 Å². The first-order chi connectivity index (χ1) is 9.72. The average molecular weight is 306 g/mol. The Morgan fingerprint density at radius 3 is 1.71 bits per heavy atom. The van der Waals surface area contributed by atoms with Crippen molar-refractivity contribution in [2.24, 2.45) is 0 Å². The third-order valence-corrected chi connectivity index (χ3v) is 2.25. The molecule has 0 saturated carbocycles. The Balaban J connectivity index is 5.45. The van der Waals surface area contributed by atoms with Crippen molar-refractivity contribution in [1.82, 2.24) is 0 Å². The highest BCUT2D eigenvalue weighted by Gasteiger charge is 2.40. The molecule has 0 aliphatic heterocycles. The molecule has 2 N–H and O–H groups in total. The average Bonchev–Trinajstić information content (AvgIpc) is 2.38. The minimum Gasteiger partial charge on any atom is -0.456 e. The Labute approximate surface area is 120 Å². The van der Waals surface area contributed by atoms with Gasteiger partial charge in [0.25, 0.3) is 0 Å². The molecule has 0 saturated heterocycles. The highest BCUT2D eigenvalue weighted by molar-refractivity contribution is 5.72. The molecule has 0 unspecified atom stereocenters. The summed E-state index contributed by atoms with van der Waals surface area (Å²) < 4.78 is 14.2. The van der Waals surface area contributed by atoms with E-state index in [0.717, 1.165) is 20.8 Å². The van der Waals surface area contributed by atoms with Crippen LogP contribution in [0.1, 0.15) is 20.8 Å². The molecule has 9 nitrogen and oxygen atoms in total. The van der Waals surface area contributed by atoms with E-state index in [1.54, 1.807) is 0 Å². The summed E-state index contributed by atoms with van der Waals surface area (Å²) in [5.74, 6) is -2.55. The number of hydrogen-bond donors (Lipinski definition) is 2. The van der Waals surface area contributed by atoms with Crippen LogP contribution < -0.4 is 0 Å². The molecule has 0 spiro atoms. The summed E-state index contributed by atoms with van der Waals surface area (Å²) in [7, 11) is 0. The molecule has 9 heteroatoms. The zero-order chi connectivity index (χ0) is 16.6. The van der Waals surface area contributed by atoms with Crippen molar-refractivity contribution < 1.29 is 43.6 Å². The Morgan fingerprint density at radius 2 is 1.38 bits per heavy atom. The maximum atomic E-state index is 11.1. The van der Waals surface area contributed by atoms with E-state index < -0.39 is 48.9 Å². The van der Waals surface area contributed by atoms with Gasteiger partial charge < -0.3 is 24.4 Å². The zero-order valence-corrected chi connectivity index (χ0v) is 11.8. The number of esters is 3. The number of aldehydes is 1. The third kappa shape index (κ3) is 6.82. The Morgan fingerprint density at radius 1 is 0.952 bits per heavy atom. The standard InChI is InChI=1S/C12H18O9/c1-6(15)19-10(5-14)12(21-8(3)17)11(9(18)4-13)20-7(2)16/h5,9-13,18H,4H2,1-3H3/t9-,10+,11+,12-/m1/s1. The number of hydrogen-bond acceptors (Lipinski definition) is 9. The molecule has 0 radical (unpaired) electrons. The summed E-state index contributed by atoms with van der Waals surface area (Å²) in [6, 6.07) is 0. The van der Waals surface area contributed by atoms with Crippen LogP contribution in [0, 0.1) is 0 Å². The van der Waals surface area contributed by atoms with Gasteiger partial charge in [-0.3, -0.25) is 19.2 Å². The van der Waals surface area contributed by atoms with Gasteiger partial charge >= 0.3 is 17.9 Å². The largest absolute Gasteiger partial charge is 0.456 e. The Bertz CT molecular complexity index is 392. The molecular formula is C12H18O9. The fourth-order valence-electron chi connectivity index (χ4n) is 1.54. The molecule has 0 aliphatic rings. The van der Waals surface area contributed by atoms with Gasteiger partial charge in [-0.15, -0.1) is 0 Å². The van der Waals surface area contributed by atoms with Gasteiger partial charge in [0.05, 0.1) is 6.61 Å². The van der Waals surface area contributed by atoms with Crippen LogP contribution in [0.4, 0.5) is 0 Å². The van der Waals surface area contributed by atoms with E-state index in [9.17, 15) is 24.3 Å². The fraction of sp³-hybridized carbons (Fsp3) is 0.667. The van der Waals surface area contributed by atoms with Gasteiger partial charge in [0.1, 0.15) is 6.10 Å². The van der Waals surface area contributed by atoms with Gasteiger partial charge in [0, 0.05) is 20.8 Å². The first-order valence-corrected chi connectivity index (χ1v) is 5.98. The lowest BCUT2D eigenvalue weighted by Gasteiger charge is -2.31. The molecule has 0 bridgehead atoms. The Kier molecular flexibility index (Phi) is 8.17. The molecule has 0 amide bonds. The smallest absolute Gasteiger partial charge is 0.303 e. The minimum atomic E-state index is -1.64. The fourth-order valence-corrected chi connectivity index (χ4v) is 1.54. The summed E-state index contributed by atoms with van der Waals surface area (Å²) in [6.07, 6.45) is -6.25. The summed E-state index contributed by atoms with van der Waals surface area (Å²) in [5.41, 5.74) is 0. The van der Waals surface area contributed by atoms with Gasteiger partial charge in [-0.1, -0.05) is 0 Å². The zero-order valence-electron chi connectivity index (χ0n) is 11.8. The Hall–Kier alpha value is -2.00. The predicted octanol–water partition coefficient (Wildman–Crippen LogP) is -1.67. The molecule has 0 rings (SSSR count). The number of carbonyl (C=O) groups is 4. The van der Waals surface area contributed by atoms with Crippen molar-refractivity contribution >= 4 is 24.2 Å². The first-order valence-electron chi connectivity index (χ1n) is 5.98. The van der Waals surface area contributed by atoms with Gasteiger partial charge in [-0.2, -0.15) is 0 Å². The summed E-state index contributed by atoms with van der Waals surface area (Å²) in [6.45, 7) is 2.22. The van der Waals surface area contributed by atoms with Crippen LogP contribution in [0.2, 0.25) is 0 Å². The molecule has 0 aromatic carbocycles. The third-order valence-electron chi connectivity index (χ3n) is 2.25.